The number of amides is 1. The third-order valence-electron chi connectivity index (χ3n) is 4.06. The minimum absolute atomic E-state index is 0.111. The zero-order valence-corrected chi connectivity index (χ0v) is 16.0. The Bertz CT molecular complexity index is 889. The number of hydrogen-bond acceptors (Lipinski definition) is 6. The lowest BCUT2D eigenvalue weighted by atomic mass is 10.1. The van der Waals surface area contributed by atoms with E-state index in [0.717, 1.165) is 33.8 Å². The van der Waals surface area contributed by atoms with E-state index < -0.39 is 0 Å². The van der Waals surface area contributed by atoms with E-state index in [9.17, 15) is 4.79 Å². The topological polar surface area (TPSA) is 81.1 Å². The molecule has 8 heteroatoms. The highest BCUT2D eigenvalue weighted by atomic mass is 32.1. The average Bonchev–Trinajstić information content (AvgIpc) is 3.26. The number of rotatable bonds is 8. The Morgan fingerprint density at radius 2 is 2.19 bits per heavy atom. The molecule has 0 spiro atoms. The van der Waals surface area contributed by atoms with Crippen LogP contribution < -0.4 is 10.6 Å². The average molecular weight is 373 g/mol. The molecular formula is C18H23N5O2S. The van der Waals surface area contributed by atoms with Crippen molar-refractivity contribution in [2.45, 2.75) is 6.92 Å². The lowest BCUT2D eigenvalue weighted by Gasteiger charge is -2.09. The number of nitrogens with one attached hydrogen (secondary N) is 2. The number of pyridine rings is 1. The second-order valence-electron chi connectivity index (χ2n) is 5.94. The molecule has 138 valence electrons. The van der Waals surface area contributed by atoms with Crippen LogP contribution in [0.3, 0.4) is 0 Å². The predicted octanol–water partition coefficient (Wildman–Crippen LogP) is 1.97. The van der Waals surface area contributed by atoms with Crippen molar-refractivity contribution in [3.63, 3.8) is 0 Å². The van der Waals surface area contributed by atoms with Crippen LogP contribution >= 0.6 is 11.3 Å². The number of carbonyl (C=O) groups is 1. The molecule has 0 saturated heterocycles. The van der Waals surface area contributed by atoms with Gasteiger partial charge in [0.15, 0.2) is 5.65 Å². The number of ether oxygens (including phenoxy) is 1. The van der Waals surface area contributed by atoms with Crippen LogP contribution in [0, 0.1) is 6.92 Å². The van der Waals surface area contributed by atoms with Gasteiger partial charge in [-0.05, 0) is 24.4 Å². The van der Waals surface area contributed by atoms with Crippen molar-refractivity contribution in [3.8, 4) is 10.6 Å². The Hall–Kier alpha value is -2.29. The number of carbonyl (C=O) groups excluding carboxylic acids is 1. The summed E-state index contributed by atoms with van der Waals surface area (Å²) in [5.41, 5.74) is 2.92. The second kappa shape index (κ2) is 8.39. The van der Waals surface area contributed by atoms with Crippen LogP contribution in [-0.4, -0.2) is 54.0 Å². The fourth-order valence-corrected chi connectivity index (χ4v) is 3.52. The van der Waals surface area contributed by atoms with Crippen molar-refractivity contribution in [2.75, 3.05) is 33.4 Å². The summed E-state index contributed by atoms with van der Waals surface area (Å²) in [5, 5.41) is 13.4. The molecule has 3 heterocycles. The maximum Gasteiger partial charge on any atom is 0.252 e. The number of methoxy groups -OCH3 is 1. The SMILES string of the molecule is COCCNCCNC(=O)c1cc(-c2cccs2)nc2c1c(C)nn2C. The molecule has 3 rings (SSSR count). The first-order chi connectivity index (χ1) is 12.6. The van der Waals surface area contributed by atoms with E-state index in [1.54, 1.807) is 23.1 Å². The fourth-order valence-electron chi connectivity index (χ4n) is 2.83. The highest BCUT2D eigenvalue weighted by Crippen LogP contribution is 2.29. The van der Waals surface area contributed by atoms with Crippen molar-refractivity contribution in [3.05, 3.63) is 34.8 Å². The van der Waals surface area contributed by atoms with E-state index >= 15 is 0 Å². The highest BCUT2D eigenvalue weighted by Gasteiger charge is 2.19. The molecule has 0 radical (unpaired) electrons. The highest BCUT2D eigenvalue weighted by molar-refractivity contribution is 7.13. The van der Waals surface area contributed by atoms with E-state index in [1.165, 1.54) is 0 Å². The third-order valence-corrected chi connectivity index (χ3v) is 4.95. The first kappa shape index (κ1) is 18.5. The van der Waals surface area contributed by atoms with Gasteiger partial charge >= 0.3 is 0 Å². The zero-order valence-electron chi connectivity index (χ0n) is 15.2. The molecule has 7 nitrogen and oxygen atoms in total. The smallest absolute Gasteiger partial charge is 0.252 e. The van der Waals surface area contributed by atoms with E-state index in [2.05, 4.69) is 15.7 Å². The first-order valence-corrected chi connectivity index (χ1v) is 9.36. The van der Waals surface area contributed by atoms with Gasteiger partial charge in [0, 0.05) is 33.8 Å². The number of hydrogen-bond donors (Lipinski definition) is 2. The number of aryl methyl sites for hydroxylation is 2. The summed E-state index contributed by atoms with van der Waals surface area (Å²) in [5.74, 6) is -0.111. The molecule has 26 heavy (non-hydrogen) atoms. The molecule has 0 bridgehead atoms. The predicted molar refractivity (Wildman–Crippen MR) is 104 cm³/mol. The molecular weight excluding hydrogens is 350 g/mol. The molecule has 2 N–H and O–H groups in total. The quantitative estimate of drug-likeness (QED) is 0.590. The maximum absolute atomic E-state index is 12.8. The van der Waals surface area contributed by atoms with Crippen LogP contribution in [0.25, 0.3) is 21.6 Å². The third kappa shape index (κ3) is 3.92. The zero-order chi connectivity index (χ0) is 18.5. The lowest BCUT2D eigenvalue weighted by Crippen LogP contribution is -2.33. The standard InChI is InChI=1S/C18H23N5O2S/c1-12-16-13(18(24)20-7-6-19-8-9-25-3)11-14(15-5-4-10-26-15)21-17(16)23(2)22-12/h4-5,10-11,19H,6-9H2,1-3H3,(H,20,24). The van der Waals surface area contributed by atoms with Gasteiger partial charge in [-0.3, -0.25) is 9.48 Å². The van der Waals surface area contributed by atoms with Gasteiger partial charge in [0.2, 0.25) is 0 Å². The van der Waals surface area contributed by atoms with Crippen LogP contribution in [0.4, 0.5) is 0 Å². The van der Waals surface area contributed by atoms with Crippen LogP contribution in [0.2, 0.25) is 0 Å². The Kier molecular flexibility index (Phi) is 5.97. The maximum atomic E-state index is 12.8. The largest absolute Gasteiger partial charge is 0.383 e. The minimum atomic E-state index is -0.111. The Balaban J connectivity index is 1.85. The van der Waals surface area contributed by atoms with E-state index in [-0.39, 0.29) is 5.91 Å². The number of fused-ring (bicyclic) bond motifs is 1. The summed E-state index contributed by atoms with van der Waals surface area (Å²) < 4.78 is 6.71. The molecule has 3 aromatic heterocycles. The van der Waals surface area contributed by atoms with Crippen molar-refractivity contribution in [1.29, 1.82) is 0 Å². The number of aromatic nitrogens is 3. The molecule has 0 saturated carbocycles. The van der Waals surface area contributed by atoms with Crippen LogP contribution in [0.5, 0.6) is 0 Å². The first-order valence-electron chi connectivity index (χ1n) is 8.48. The van der Waals surface area contributed by atoms with Gasteiger partial charge in [0.25, 0.3) is 5.91 Å². The Morgan fingerprint density at radius 3 is 2.92 bits per heavy atom. The molecule has 0 unspecified atom stereocenters. The van der Waals surface area contributed by atoms with E-state index in [1.807, 2.05) is 37.6 Å². The van der Waals surface area contributed by atoms with Crippen molar-refractivity contribution < 1.29 is 9.53 Å². The van der Waals surface area contributed by atoms with Gasteiger partial charge in [0.1, 0.15) is 0 Å². The molecule has 3 aromatic rings. The van der Waals surface area contributed by atoms with E-state index in [0.29, 0.717) is 25.3 Å². The van der Waals surface area contributed by atoms with Gasteiger partial charge in [-0.25, -0.2) is 4.98 Å². The summed E-state index contributed by atoms with van der Waals surface area (Å²) in [7, 11) is 3.52. The summed E-state index contributed by atoms with van der Waals surface area (Å²) in [6.07, 6.45) is 0. The van der Waals surface area contributed by atoms with Crippen molar-refractivity contribution >= 4 is 28.3 Å². The normalized spacial score (nSPS) is 11.2. The van der Waals surface area contributed by atoms with Gasteiger partial charge in [-0.2, -0.15) is 5.10 Å². The summed E-state index contributed by atoms with van der Waals surface area (Å²) in [4.78, 5) is 18.6. The van der Waals surface area contributed by atoms with Crippen LogP contribution in [-0.2, 0) is 11.8 Å². The van der Waals surface area contributed by atoms with Crippen LogP contribution in [0.1, 0.15) is 16.1 Å². The monoisotopic (exact) mass is 373 g/mol. The summed E-state index contributed by atoms with van der Waals surface area (Å²) >= 11 is 1.60. The molecule has 1 amide bonds. The van der Waals surface area contributed by atoms with Gasteiger partial charge in [-0.15, -0.1) is 11.3 Å². The van der Waals surface area contributed by atoms with Gasteiger partial charge in [-0.1, -0.05) is 6.07 Å². The van der Waals surface area contributed by atoms with E-state index in [4.69, 9.17) is 9.72 Å². The van der Waals surface area contributed by atoms with Crippen molar-refractivity contribution in [1.82, 2.24) is 25.4 Å². The Labute approximate surface area is 156 Å². The summed E-state index contributed by atoms with van der Waals surface area (Å²) in [6.45, 7) is 4.54. The molecule has 0 aromatic carbocycles. The number of thiophene rings is 1. The molecule has 0 aliphatic rings. The van der Waals surface area contributed by atoms with Gasteiger partial charge < -0.3 is 15.4 Å². The van der Waals surface area contributed by atoms with Crippen LogP contribution in [0.15, 0.2) is 23.6 Å². The minimum Gasteiger partial charge on any atom is -0.383 e. The molecule has 0 fully saturated rings. The second-order valence-corrected chi connectivity index (χ2v) is 6.89. The van der Waals surface area contributed by atoms with Crippen molar-refractivity contribution in [2.24, 2.45) is 7.05 Å². The molecule has 0 atom stereocenters. The van der Waals surface area contributed by atoms with Gasteiger partial charge in [0.05, 0.1) is 33.8 Å². The molecule has 0 aliphatic carbocycles. The Morgan fingerprint density at radius 1 is 1.35 bits per heavy atom. The number of nitrogens with zero attached hydrogens (tertiary/aromatic N) is 3. The molecule has 0 aliphatic heterocycles. The fraction of sp³-hybridized carbons (Fsp3) is 0.389. The summed E-state index contributed by atoms with van der Waals surface area (Å²) in [6, 6.07) is 5.84. The lowest BCUT2D eigenvalue weighted by molar-refractivity contribution is 0.0955.